The van der Waals surface area contributed by atoms with Crippen LogP contribution in [-0.2, 0) is 4.79 Å². The Morgan fingerprint density at radius 1 is 1.00 bits per heavy atom. The molecule has 2 heterocycles. The van der Waals surface area contributed by atoms with E-state index in [1.165, 1.54) is 11.8 Å². The fourth-order valence-electron chi connectivity index (χ4n) is 3.30. The number of fused-ring (bicyclic) bond motifs is 1. The fraction of sp³-hybridized carbons (Fsp3) is 0. The smallest absolute Gasteiger partial charge is 0.264 e. The largest absolute Gasteiger partial charge is 0.321 e. The topological polar surface area (TPSA) is 96.3 Å². The molecule has 1 aliphatic heterocycles. The van der Waals surface area contributed by atoms with Gasteiger partial charge in [0.15, 0.2) is 5.17 Å². The molecule has 0 unspecified atom stereocenters. The van der Waals surface area contributed by atoms with E-state index in [2.05, 4.69) is 25.6 Å². The zero-order valence-electron chi connectivity index (χ0n) is 17.5. The van der Waals surface area contributed by atoms with Crippen LogP contribution in [0.15, 0.2) is 89.0 Å². The summed E-state index contributed by atoms with van der Waals surface area (Å²) in [6.07, 6.45) is 5.03. The van der Waals surface area contributed by atoms with Gasteiger partial charge in [-0.2, -0.15) is 0 Å². The summed E-state index contributed by atoms with van der Waals surface area (Å²) in [5, 5.41) is 6.23. The summed E-state index contributed by atoms with van der Waals surface area (Å²) >= 11 is 7.71. The van der Waals surface area contributed by atoms with E-state index in [0.717, 1.165) is 16.6 Å². The predicted molar refractivity (Wildman–Crippen MR) is 136 cm³/mol. The number of nitrogens with zero attached hydrogens (tertiary/aromatic N) is 3. The van der Waals surface area contributed by atoms with Gasteiger partial charge in [-0.15, -0.1) is 0 Å². The molecule has 166 valence electrons. The number of aliphatic imine (C=N–C) groups is 1. The molecule has 3 aromatic carbocycles. The van der Waals surface area contributed by atoms with Gasteiger partial charge in [0, 0.05) is 18.0 Å². The van der Waals surface area contributed by atoms with Gasteiger partial charge in [-0.25, -0.2) is 4.99 Å². The third-order valence-electron chi connectivity index (χ3n) is 4.93. The van der Waals surface area contributed by atoms with Crippen molar-refractivity contribution in [2.24, 2.45) is 4.99 Å². The van der Waals surface area contributed by atoms with E-state index in [1.807, 2.05) is 24.3 Å². The van der Waals surface area contributed by atoms with Gasteiger partial charge in [-0.1, -0.05) is 41.9 Å². The Balaban J connectivity index is 1.37. The minimum atomic E-state index is -0.277. The Morgan fingerprint density at radius 3 is 2.62 bits per heavy atom. The number of aromatic nitrogens is 2. The lowest BCUT2D eigenvalue weighted by molar-refractivity contribution is -0.115. The van der Waals surface area contributed by atoms with Crippen LogP contribution in [0.4, 0.5) is 11.4 Å². The molecule has 34 heavy (non-hydrogen) atoms. The van der Waals surface area contributed by atoms with Gasteiger partial charge < -0.3 is 10.6 Å². The van der Waals surface area contributed by atoms with Crippen molar-refractivity contribution in [2.75, 3.05) is 5.32 Å². The summed E-state index contributed by atoms with van der Waals surface area (Å²) in [6.45, 7) is 0. The van der Waals surface area contributed by atoms with E-state index in [9.17, 15) is 9.59 Å². The fourth-order valence-corrected chi connectivity index (χ4v) is 4.35. The maximum atomic E-state index is 12.5. The standard InChI is InChI=1S/C25H16ClN5O2S/c26-22-18(29-23(32)16-5-2-1-3-6-16)7-4-8-19(22)30-25-31-24(33)21(34-25)14-15-9-10-17-20(13-15)28-12-11-27-17/h1-14H,(H,29,32)(H,30,31,33)/b21-14+. The van der Waals surface area contributed by atoms with E-state index in [4.69, 9.17) is 11.6 Å². The highest BCUT2D eigenvalue weighted by molar-refractivity contribution is 8.18. The molecule has 1 aromatic heterocycles. The molecule has 7 nitrogen and oxygen atoms in total. The van der Waals surface area contributed by atoms with Crippen LogP contribution in [0.5, 0.6) is 0 Å². The SMILES string of the molecule is O=C1NC(=Nc2cccc(NC(=O)c3ccccc3)c2Cl)S/C1=C/c1ccc2nccnc2c1. The zero-order valence-corrected chi connectivity index (χ0v) is 19.1. The van der Waals surface area contributed by atoms with Crippen LogP contribution in [0, 0.1) is 0 Å². The number of nitrogens with one attached hydrogen (secondary N) is 2. The lowest BCUT2D eigenvalue weighted by Crippen LogP contribution is -2.19. The number of anilines is 1. The maximum Gasteiger partial charge on any atom is 0.264 e. The zero-order chi connectivity index (χ0) is 23.5. The van der Waals surface area contributed by atoms with Crippen LogP contribution in [0.25, 0.3) is 17.1 Å². The molecule has 4 aromatic rings. The van der Waals surface area contributed by atoms with E-state index < -0.39 is 0 Å². The first kappa shape index (κ1) is 21.8. The lowest BCUT2D eigenvalue weighted by Gasteiger charge is -2.09. The third-order valence-corrected chi connectivity index (χ3v) is 6.23. The molecule has 1 saturated heterocycles. The molecule has 2 N–H and O–H groups in total. The number of amides is 2. The van der Waals surface area contributed by atoms with Gasteiger partial charge in [0.2, 0.25) is 0 Å². The number of hydrogen-bond acceptors (Lipinski definition) is 6. The number of carbonyl (C=O) groups is 2. The van der Waals surface area contributed by atoms with Crippen molar-refractivity contribution in [2.45, 2.75) is 0 Å². The quantitative estimate of drug-likeness (QED) is 0.376. The minimum Gasteiger partial charge on any atom is -0.321 e. The first-order valence-electron chi connectivity index (χ1n) is 10.2. The molecule has 1 fully saturated rings. The van der Waals surface area contributed by atoms with Gasteiger partial charge in [0.25, 0.3) is 11.8 Å². The molecular formula is C25H16ClN5O2S. The number of halogens is 1. The summed E-state index contributed by atoms with van der Waals surface area (Å²) in [6, 6.07) is 19.6. The highest BCUT2D eigenvalue weighted by atomic mass is 35.5. The second-order valence-electron chi connectivity index (χ2n) is 7.25. The predicted octanol–water partition coefficient (Wildman–Crippen LogP) is 5.43. The average molecular weight is 486 g/mol. The molecule has 5 rings (SSSR count). The van der Waals surface area contributed by atoms with Crippen molar-refractivity contribution in [1.82, 2.24) is 15.3 Å². The summed E-state index contributed by atoms with van der Waals surface area (Å²) in [5.74, 6) is -0.534. The molecule has 0 radical (unpaired) electrons. The van der Waals surface area contributed by atoms with Crippen LogP contribution >= 0.6 is 23.4 Å². The minimum absolute atomic E-state index is 0.257. The lowest BCUT2D eigenvalue weighted by atomic mass is 10.2. The second kappa shape index (κ2) is 9.46. The van der Waals surface area contributed by atoms with Crippen molar-refractivity contribution < 1.29 is 9.59 Å². The monoisotopic (exact) mass is 485 g/mol. The average Bonchev–Trinajstić information content (AvgIpc) is 3.20. The van der Waals surface area contributed by atoms with Gasteiger partial charge >= 0.3 is 0 Å². The number of benzene rings is 3. The van der Waals surface area contributed by atoms with Crippen LogP contribution in [-0.4, -0.2) is 26.9 Å². The Kier molecular flexibility index (Phi) is 6.07. The number of rotatable bonds is 4. The molecule has 0 spiro atoms. The van der Waals surface area contributed by atoms with E-state index >= 15 is 0 Å². The van der Waals surface area contributed by atoms with E-state index in [1.54, 1.807) is 60.9 Å². The molecule has 0 aliphatic carbocycles. The normalized spacial score (nSPS) is 15.6. The van der Waals surface area contributed by atoms with Gasteiger partial charge in [-0.3, -0.25) is 19.6 Å². The van der Waals surface area contributed by atoms with Gasteiger partial charge in [-0.05, 0) is 59.8 Å². The van der Waals surface area contributed by atoms with Crippen LogP contribution in [0.1, 0.15) is 15.9 Å². The molecule has 2 amide bonds. The third kappa shape index (κ3) is 4.68. The van der Waals surface area contributed by atoms with E-state index in [0.29, 0.717) is 27.0 Å². The van der Waals surface area contributed by atoms with Crippen molar-refractivity contribution in [1.29, 1.82) is 0 Å². The Bertz CT molecular complexity index is 1490. The number of hydrogen-bond donors (Lipinski definition) is 2. The summed E-state index contributed by atoms with van der Waals surface area (Å²) < 4.78 is 0. The van der Waals surface area contributed by atoms with Crippen molar-refractivity contribution in [3.05, 3.63) is 100 Å². The summed E-state index contributed by atoms with van der Waals surface area (Å²) in [5.41, 5.74) is 3.73. The molecule has 0 saturated carbocycles. The first-order valence-corrected chi connectivity index (χ1v) is 11.4. The molecule has 0 atom stereocenters. The van der Waals surface area contributed by atoms with Gasteiger partial charge in [0.05, 0.1) is 32.3 Å². The maximum absolute atomic E-state index is 12.5. The number of amidine groups is 1. The second-order valence-corrected chi connectivity index (χ2v) is 8.65. The highest BCUT2D eigenvalue weighted by Crippen LogP contribution is 2.35. The van der Waals surface area contributed by atoms with Crippen molar-refractivity contribution in [3.63, 3.8) is 0 Å². The van der Waals surface area contributed by atoms with Crippen molar-refractivity contribution in [3.8, 4) is 0 Å². The van der Waals surface area contributed by atoms with Crippen LogP contribution in [0.2, 0.25) is 5.02 Å². The van der Waals surface area contributed by atoms with Crippen LogP contribution in [0.3, 0.4) is 0 Å². The van der Waals surface area contributed by atoms with Crippen molar-refractivity contribution >= 4 is 68.8 Å². The Morgan fingerprint density at radius 2 is 1.79 bits per heavy atom. The molecule has 1 aliphatic rings. The highest BCUT2D eigenvalue weighted by Gasteiger charge is 2.24. The Hall–Kier alpha value is -4.01. The molecule has 9 heteroatoms. The van der Waals surface area contributed by atoms with E-state index in [-0.39, 0.29) is 16.8 Å². The number of thioether (sulfide) groups is 1. The first-order chi connectivity index (χ1) is 16.6. The Labute approximate surface area is 204 Å². The summed E-state index contributed by atoms with van der Waals surface area (Å²) in [4.78, 5) is 38.5. The van der Waals surface area contributed by atoms with Gasteiger partial charge in [0.1, 0.15) is 0 Å². The number of carbonyl (C=O) groups excluding carboxylic acids is 2. The summed E-state index contributed by atoms with van der Waals surface area (Å²) in [7, 11) is 0. The van der Waals surface area contributed by atoms with Crippen LogP contribution < -0.4 is 10.6 Å². The molecular weight excluding hydrogens is 470 g/mol. The molecule has 0 bridgehead atoms.